The molecule has 1 aliphatic carbocycles. The number of aryl methyl sites for hydroxylation is 1. The standard InChI is InChI=1S/C24H32N2O/c1-17(2)26-15-13-24(4)16-21(11-12-22(24)26)27-20-9-7-19(8-10-20)23-18(3)6-5-14-25-23/h5-10,14,17,21-22H,11-13,15-16H2,1-4H3. The average molecular weight is 365 g/mol. The van der Waals surface area contributed by atoms with Crippen LogP contribution in [0.5, 0.6) is 5.75 Å². The summed E-state index contributed by atoms with van der Waals surface area (Å²) in [7, 11) is 0. The highest BCUT2D eigenvalue weighted by Crippen LogP contribution is 2.48. The van der Waals surface area contributed by atoms with Gasteiger partial charge in [-0.05, 0) is 94.3 Å². The number of hydrogen-bond donors (Lipinski definition) is 0. The minimum Gasteiger partial charge on any atom is -0.490 e. The molecule has 1 aromatic heterocycles. The third kappa shape index (κ3) is 3.62. The lowest BCUT2D eigenvalue weighted by atomic mass is 9.70. The van der Waals surface area contributed by atoms with Crippen molar-refractivity contribution in [3.8, 4) is 17.0 Å². The van der Waals surface area contributed by atoms with Crippen LogP contribution in [0.3, 0.4) is 0 Å². The second kappa shape index (κ2) is 7.27. The molecule has 0 bridgehead atoms. The molecule has 1 saturated carbocycles. The molecule has 144 valence electrons. The Hall–Kier alpha value is -1.87. The summed E-state index contributed by atoms with van der Waals surface area (Å²) in [6.45, 7) is 10.5. The van der Waals surface area contributed by atoms with Gasteiger partial charge in [-0.2, -0.15) is 0 Å². The maximum atomic E-state index is 6.41. The molecule has 2 aromatic rings. The van der Waals surface area contributed by atoms with Crippen molar-refractivity contribution in [3.05, 3.63) is 48.2 Å². The van der Waals surface area contributed by atoms with Gasteiger partial charge in [0.25, 0.3) is 0 Å². The molecule has 3 heteroatoms. The summed E-state index contributed by atoms with van der Waals surface area (Å²) in [6.07, 6.45) is 7.07. The number of aromatic nitrogens is 1. The van der Waals surface area contributed by atoms with Gasteiger partial charge in [-0.15, -0.1) is 0 Å². The zero-order chi connectivity index (χ0) is 19.0. The van der Waals surface area contributed by atoms with Crippen LogP contribution in [0.25, 0.3) is 11.3 Å². The first-order chi connectivity index (χ1) is 13.0. The van der Waals surface area contributed by atoms with E-state index in [2.05, 4.69) is 67.9 Å². The van der Waals surface area contributed by atoms with E-state index in [-0.39, 0.29) is 0 Å². The number of nitrogens with zero attached hydrogens (tertiary/aromatic N) is 2. The highest BCUT2D eigenvalue weighted by Gasteiger charge is 2.48. The van der Waals surface area contributed by atoms with Crippen LogP contribution in [0.15, 0.2) is 42.6 Å². The molecule has 27 heavy (non-hydrogen) atoms. The summed E-state index contributed by atoms with van der Waals surface area (Å²) in [4.78, 5) is 7.22. The minimum atomic E-state index is 0.334. The number of likely N-dealkylation sites (tertiary alicyclic amines) is 1. The minimum absolute atomic E-state index is 0.334. The normalized spacial score (nSPS) is 28.3. The average Bonchev–Trinajstić information content (AvgIpc) is 2.99. The Bertz CT molecular complexity index is 785. The van der Waals surface area contributed by atoms with Gasteiger partial charge in [-0.25, -0.2) is 0 Å². The van der Waals surface area contributed by atoms with Crippen molar-refractivity contribution in [3.63, 3.8) is 0 Å². The van der Waals surface area contributed by atoms with Crippen molar-refractivity contribution >= 4 is 0 Å². The maximum absolute atomic E-state index is 6.41. The molecule has 3 atom stereocenters. The summed E-state index contributed by atoms with van der Waals surface area (Å²) >= 11 is 0. The third-order valence-corrected chi connectivity index (χ3v) is 6.71. The van der Waals surface area contributed by atoms with Crippen molar-refractivity contribution in [2.24, 2.45) is 5.41 Å². The fraction of sp³-hybridized carbons (Fsp3) is 0.542. The number of ether oxygens (including phenoxy) is 1. The highest BCUT2D eigenvalue weighted by atomic mass is 16.5. The van der Waals surface area contributed by atoms with E-state index in [1.54, 1.807) is 0 Å². The van der Waals surface area contributed by atoms with Gasteiger partial charge < -0.3 is 4.74 Å². The third-order valence-electron chi connectivity index (χ3n) is 6.71. The fourth-order valence-electron chi connectivity index (χ4n) is 5.22. The van der Waals surface area contributed by atoms with E-state index >= 15 is 0 Å². The molecule has 1 aromatic carbocycles. The monoisotopic (exact) mass is 364 g/mol. The van der Waals surface area contributed by atoms with E-state index in [1.165, 1.54) is 31.4 Å². The molecule has 3 unspecified atom stereocenters. The van der Waals surface area contributed by atoms with E-state index < -0.39 is 0 Å². The second-order valence-corrected chi connectivity index (χ2v) is 8.97. The number of benzene rings is 1. The lowest BCUT2D eigenvalue weighted by Gasteiger charge is -2.43. The Morgan fingerprint density at radius 1 is 1.15 bits per heavy atom. The Kier molecular flexibility index (Phi) is 4.98. The van der Waals surface area contributed by atoms with Gasteiger partial charge in [0.1, 0.15) is 5.75 Å². The zero-order valence-electron chi connectivity index (χ0n) is 17.1. The van der Waals surface area contributed by atoms with Crippen LogP contribution in [-0.4, -0.2) is 34.6 Å². The predicted octanol–water partition coefficient (Wildman–Crippen LogP) is 5.48. The molecule has 2 aliphatic rings. The summed E-state index contributed by atoms with van der Waals surface area (Å²) in [5.41, 5.74) is 3.81. The predicted molar refractivity (Wildman–Crippen MR) is 111 cm³/mol. The highest BCUT2D eigenvalue weighted by molar-refractivity contribution is 5.63. The van der Waals surface area contributed by atoms with E-state index in [0.29, 0.717) is 17.6 Å². The quantitative estimate of drug-likeness (QED) is 0.718. The number of hydrogen-bond acceptors (Lipinski definition) is 3. The fourth-order valence-corrected chi connectivity index (χ4v) is 5.22. The van der Waals surface area contributed by atoms with Gasteiger partial charge in [-0.1, -0.05) is 13.0 Å². The molecule has 2 heterocycles. The van der Waals surface area contributed by atoms with Crippen LogP contribution in [0, 0.1) is 12.3 Å². The first-order valence-corrected chi connectivity index (χ1v) is 10.4. The molecule has 1 aliphatic heterocycles. The van der Waals surface area contributed by atoms with Crippen LogP contribution in [0.4, 0.5) is 0 Å². The largest absolute Gasteiger partial charge is 0.490 e. The van der Waals surface area contributed by atoms with E-state index in [4.69, 9.17) is 4.74 Å². The van der Waals surface area contributed by atoms with Crippen LogP contribution in [0.2, 0.25) is 0 Å². The molecule has 4 rings (SSSR count). The lowest BCUT2D eigenvalue weighted by Crippen LogP contribution is -2.47. The molecule has 3 nitrogen and oxygen atoms in total. The molecule has 2 fully saturated rings. The van der Waals surface area contributed by atoms with Crippen LogP contribution >= 0.6 is 0 Å². The Labute approximate surface area is 163 Å². The van der Waals surface area contributed by atoms with Crippen LogP contribution in [-0.2, 0) is 0 Å². The Morgan fingerprint density at radius 2 is 1.93 bits per heavy atom. The van der Waals surface area contributed by atoms with Gasteiger partial charge in [0.2, 0.25) is 0 Å². The number of rotatable bonds is 4. The first-order valence-electron chi connectivity index (χ1n) is 10.4. The number of pyridine rings is 1. The summed E-state index contributed by atoms with van der Waals surface area (Å²) in [6, 6.07) is 13.9. The molecule has 0 spiro atoms. The molecule has 0 radical (unpaired) electrons. The molecular weight excluding hydrogens is 332 g/mol. The van der Waals surface area contributed by atoms with E-state index in [1.807, 2.05) is 12.3 Å². The Balaban J connectivity index is 1.43. The van der Waals surface area contributed by atoms with Crippen LogP contribution in [0.1, 0.15) is 52.0 Å². The summed E-state index contributed by atoms with van der Waals surface area (Å²) in [5, 5.41) is 0. The summed E-state index contributed by atoms with van der Waals surface area (Å²) < 4.78 is 6.41. The van der Waals surface area contributed by atoms with Gasteiger partial charge in [0.15, 0.2) is 0 Å². The second-order valence-electron chi connectivity index (χ2n) is 8.97. The van der Waals surface area contributed by atoms with Crippen molar-refractivity contribution in [1.82, 2.24) is 9.88 Å². The van der Waals surface area contributed by atoms with Crippen molar-refractivity contribution < 1.29 is 4.74 Å². The van der Waals surface area contributed by atoms with Crippen molar-refractivity contribution in [2.45, 2.75) is 71.6 Å². The summed E-state index contributed by atoms with van der Waals surface area (Å²) in [5.74, 6) is 0.984. The van der Waals surface area contributed by atoms with Crippen molar-refractivity contribution in [1.29, 1.82) is 0 Å². The smallest absolute Gasteiger partial charge is 0.119 e. The molecule has 0 amide bonds. The van der Waals surface area contributed by atoms with Gasteiger partial charge >= 0.3 is 0 Å². The molecule has 1 saturated heterocycles. The van der Waals surface area contributed by atoms with Crippen LogP contribution < -0.4 is 4.74 Å². The van der Waals surface area contributed by atoms with Crippen molar-refractivity contribution in [2.75, 3.05) is 6.54 Å². The zero-order valence-corrected chi connectivity index (χ0v) is 17.1. The maximum Gasteiger partial charge on any atom is 0.119 e. The van der Waals surface area contributed by atoms with Gasteiger partial charge in [0, 0.05) is 23.8 Å². The Morgan fingerprint density at radius 3 is 2.63 bits per heavy atom. The molecular formula is C24H32N2O. The SMILES string of the molecule is Cc1cccnc1-c1ccc(OC2CCC3N(C(C)C)CCC3(C)C2)cc1. The van der Waals surface area contributed by atoms with Gasteiger partial charge in [0.05, 0.1) is 11.8 Å². The first kappa shape index (κ1) is 18.5. The molecule has 0 N–H and O–H groups in total. The van der Waals surface area contributed by atoms with E-state index in [9.17, 15) is 0 Å². The van der Waals surface area contributed by atoms with Gasteiger partial charge in [-0.3, -0.25) is 9.88 Å². The van der Waals surface area contributed by atoms with E-state index in [0.717, 1.165) is 29.5 Å². The topological polar surface area (TPSA) is 25.4 Å². The lowest BCUT2D eigenvalue weighted by molar-refractivity contribution is 0.0274. The number of fused-ring (bicyclic) bond motifs is 1.